The minimum Gasteiger partial charge on any atom is -0.320 e. The first-order valence-electron chi connectivity index (χ1n) is 4.00. The summed E-state index contributed by atoms with van der Waals surface area (Å²) in [6.45, 7) is 0.677. The van der Waals surface area contributed by atoms with Crippen LogP contribution in [0.5, 0.6) is 0 Å². The van der Waals surface area contributed by atoms with E-state index < -0.39 is 0 Å². The van der Waals surface area contributed by atoms with E-state index in [2.05, 4.69) is 0 Å². The highest BCUT2D eigenvalue weighted by Gasteiger charge is 2.30. The highest BCUT2D eigenvalue weighted by Crippen LogP contribution is 2.33. The van der Waals surface area contributed by atoms with Gasteiger partial charge in [0.2, 0.25) is 5.91 Å². The number of anilines is 1. The summed E-state index contributed by atoms with van der Waals surface area (Å²) >= 11 is 7.34. The normalized spacial score (nSPS) is 22.8. The fraction of sp³-hybridized carbons (Fsp3) is 0.375. The number of nitrogens with two attached hydrogens (primary N) is 1. The van der Waals surface area contributed by atoms with Gasteiger partial charge in [-0.15, -0.1) is 11.3 Å². The van der Waals surface area contributed by atoms with E-state index in [4.69, 9.17) is 17.3 Å². The van der Waals surface area contributed by atoms with Crippen molar-refractivity contribution in [2.24, 2.45) is 5.73 Å². The van der Waals surface area contributed by atoms with Gasteiger partial charge in [0.25, 0.3) is 0 Å². The Balaban J connectivity index is 2.28. The monoisotopic (exact) mass is 216 g/mol. The van der Waals surface area contributed by atoms with E-state index in [1.807, 2.05) is 11.4 Å². The van der Waals surface area contributed by atoms with Crippen molar-refractivity contribution in [1.82, 2.24) is 0 Å². The Hall–Kier alpha value is -0.580. The molecule has 0 radical (unpaired) electrons. The van der Waals surface area contributed by atoms with Crippen molar-refractivity contribution < 1.29 is 4.79 Å². The Morgan fingerprint density at radius 1 is 1.69 bits per heavy atom. The minimum atomic E-state index is -0.351. The van der Waals surface area contributed by atoms with Crippen LogP contribution in [0.2, 0.25) is 4.34 Å². The molecule has 5 heteroatoms. The average Bonchev–Trinajstić information content (AvgIpc) is 2.62. The van der Waals surface area contributed by atoms with Gasteiger partial charge in [-0.3, -0.25) is 4.79 Å². The van der Waals surface area contributed by atoms with Gasteiger partial charge in [-0.05, 0) is 17.9 Å². The van der Waals surface area contributed by atoms with Crippen LogP contribution in [0, 0.1) is 0 Å². The van der Waals surface area contributed by atoms with Crippen LogP contribution in [0.4, 0.5) is 5.69 Å². The molecule has 2 N–H and O–H groups in total. The fourth-order valence-corrected chi connectivity index (χ4v) is 2.36. The predicted octanol–water partition coefficient (Wildman–Crippen LogP) is 1.47. The van der Waals surface area contributed by atoms with E-state index in [9.17, 15) is 4.79 Å². The molecule has 2 rings (SSSR count). The van der Waals surface area contributed by atoms with Gasteiger partial charge in [0.15, 0.2) is 0 Å². The number of carbonyl (C=O) groups is 1. The lowest BCUT2D eigenvalue weighted by atomic mass is 10.3. The first kappa shape index (κ1) is 8.99. The molecule has 0 aromatic carbocycles. The molecule has 1 saturated heterocycles. The van der Waals surface area contributed by atoms with E-state index in [1.54, 1.807) is 4.90 Å². The van der Waals surface area contributed by atoms with Crippen molar-refractivity contribution in [2.45, 2.75) is 12.5 Å². The molecule has 1 aromatic rings. The molecule has 13 heavy (non-hydrogen) atoms. The molecule has 1 atom stereocenters. The molecule has 0 aliphatic carbocycles. The van der Waals surface area contributed by atoms with E-state index in [1.165, 1.54) is 11.3 Å². The maximum absolute atomic E-state index is 11.5. The molecule has 2 heterocycles. The standard InChI is InChI=1S/C8H9ClN2OS/c9-7-6(2-4-13-7)11-3-1-5(10)8(11)12/h2,4-5H,1,3,10H2. The minimum absolute atomic E-state index is 0.0275. The van der Waals surface area contributed by atoms with Gasteiger partial charge < -0.3 is 10.6 Å². The van der Waals surface area contributed by atoms with Gasteiger partial charge in [0, 0.05) is 6.54 Å². The van der Waals surface area contributed by atoms with Crippen molar-refractivity contribution in [2.75, 3.05) is 11.4 Å². The number of halogens is 1. The zero-order valence-corrected chi connectivity index (χ0v) is 8.44. The molecule has 0 bridgehead atoms. The largest absolute Gasteiger partial charge is 0.320 e. The first-order chi connectivity index (χ1) is 6.20. The summed E-state index contributed by atoms with van der Waals surface area (Å²) in [7, 11) is 0. The van der Waals surface area contributed by atoms with Crippen molar-refractivity contribution in [1.29, 1.82) is 0 Å². The second-order valence-corrected chi connectivity index (χ2v) is 4.48. The third kappa shape index (κ3) is 1.45. The summed E-state index contributed by atoms with van der Waals surface area (Å²) in [5.74, 6) is -0.0275. The predicted molar refractivity (Wildman–Crippen MR) is 54.3 cm³/mol. The topological polar surface area (TPSA) is 46.3 Å². The summed E-state index contributed by atoms with van der Waals surface area (Å²) in [5, 5.41) is 1.87. The lowest BCUT2D eigenvalue weighted by Crippen LogP contribution is -2.33. The Bertz CT molecular complexity index is 339. The molecule has 1 amide bonds. The van der Waals surface area contributed by atoms with Gasteiger partial charge in [-0.25, -0.2) is 0 Å². The molecule has 1 unspecified atom stereocenters. The smallest absolute Gasteiger partial charge is 0.244 e. The molecule has 3 nitrogen and oxygen atoms in total. The van der Waals surface area contributed by atoms with Crippen molar-refractivity contribution >= 4 is 34.5 Å². The second kappa shape index (κ2) is 3.29. The fourth-order valence-electron chi connectivity index (χ4n) is 1.42. The zero-order valence-electron chi connectivity index (χ0n) is 6.87. The lowest BCUT2D eigenvalue weighted by molar-refractivity contribution is -0.118. The summed E-state index contributed by atoms with van der Waals surface area (Å²) in [6.07, 6.45) is 0.713. The maximum atomic E-state index is 11.5. The Kier molecular flexibility index (Phi) is 2.27. The van der Waals surface area contributed by atoms with Crippen LogP contribution in [0.15, 0.2) is 11.4 Å². The van der Waals surface area contributed by atoms with E-state index in [0.717, 1.165) is 5.69 Å². The molecule has 0 saturated carbocycles. The molecular formula is C8H9ClN2OS. The molecule has 1 fully saturated rings. The molecule has 70 valence electrons. The quantitative estimate of drug-likeness (QED) is 0.773. The molecule has 1 aliphatic rings. The van der Waals surface area contributed by atoms with Crippen LogP contribution in [-0.2, 0) is 4.79 Å². The SMILES string of the molecule is NC1CCN(c2ccsc2Cl)C1=O. The van der Waals surface area contributed by atoms with Gasteiger partial charge in [0.1, 0.15) is 4.34 Å². The number of rotatable bonds is 1. The summed E-state index contributed by atoms with van der Waals surface area (Å²) in [5.41, 5.74) is 6.39. The average molecular weight is 217 g/mol. The lowest BCUT2D eigenvalue weighted by Gasteiger charge is -2.14. The van der Waals surface area contributed by atoms with Gasteiger partial charge in [-0.2, -0.15) is 0 Å². The number of nitrogens with zero attached hydrogens (tertiary/aromatic N) is 1. The number of amides is 1. The summed E-state index contributed by atoms with van der Waals surface area (Å²) in [6, 6.07) is 1.50. The van der Waals surface area contributed by atoms with Crippen LogP contribution in [0.25, 0.3) is 0 Å². The Labute approximate surface area is 85.1 Å². The van der Waals surface area contributed by atoms with E-state index >= 15 is 0 Å². The molecular weight excluding hydrogens is 208 g/mol. The molecule has 1 aromatic heterocycles. The van der Waals surface area contributed by atoms with Crippen LogP contribution >= 0.6 is 22.9 Å². The van der Waals surface area contributed by atoms with Crippen molar-refractivity contribution in [3.05, 3.63) is 15.8 Å². The third-order valence-electron chi connectivity index (χ3n) is 2.14. The van der Waals surface area contributed by atoms with Gasteiger partial charge in [-0.1, -0.05) is 11.6 Å². The Morgan fingerprint density at radius 3 is 2.92 bits per heavy atom. The number of thiophene rings is 1. The number of hydrogen-bond donors (Lipinski definition) is 1. The second-order valence-electron chi connectivity index (χ2n) is 2.96. The van der Waals surface area contributed by atoms with Crippen LogP contribution in [-0.4, -0.2) is 18.5 Å². The van der Waals surface area contributed by atoms with Crippen LogP contribution in [0.1, 0.15) is 6.42 Å². The third-order valence-corrected chi connectivity index (χ3v) is 3.29. The number of hydrogen-bond acceptors (Lipinski definition) is 3. The maximum Gasteiger partial charge on any atom is 0.244 e. The van der Waals surface area contributed by atoms with Crippen molar-refractivity contribution in [3.8, 4) is 0 Å². The van der Waals surface area contributed by atoms with Crippen LogP contribution in [0.3, 0.4) is 0 Å². The number of carbonyl (C=O) groups excluding carboxylic acids is 1. The highest BCUT2D eigenvalue weighted by molar-refractivity contribution is 7.15. The molecule has 0 spiro atoms. The highest BCUT2D eigenvalue weighted by atomic mass is 35.5. The summed E-state index contributed by atoms with van der Waals surface area (Å²) in [4.78, 5) is 13.2. The van der Waals surface area contributed by atoms with Gasteiger partial charge >= 0.3 is 0 Å². The van der Waals surface area contributed by atoms with Crippen molar-refractivity contribution in [3.63, 3.8) is 0 Å². The summed E-state index contributed by atoms with van der Waals surface area (Å²) < 4.78 is 0.655. The Morgan fingerprint density at radius 2 is 2.46 bits per heavy atom. The first-order valence-corrected chi connectivity index (χ1v) is 5.26. The molecule has 1 aliphatic heterocycles. The zero-order chi connectivity index (χ0) is 9.42. The van der Waals surface area contributed by atoms with E-state index in [0.29, 0.717) is 17.3 Å². The van der Waals surface area contributed by atoms with E-state index in [-0.39, 0.29) is 11.9 Å². The van der Waals surface area contributed by atoms with Crippen LogP contribution < -0.4 is 10.6 Å². The van der Waals surface area contributed by atoms with Gasteiger partial charge in [0.05, 0.1) is 11.7 Å².